The van der Waals surface area contributed by atoms with Gasteiger partial charge in [0.05, 0.1) is 28.2 Å². The number of benzene rings is 2. The second kappa shape index (κ2) is 7.27. The van der Waals surface area contributed by atoms with E-state index in [-0.39, 0.29) is 22.3 Å². The molecule has 0 saturated carbocycles. The Morgan fingerprint density at radius 2 is 1.79 bits per heavy atom. The quantitative estimate of drug-likeness (QED) is 0.455. The van der Waals surface area contributed by atoms with E-state index in [1.165, 1.54) is 6.07 Å². The van der Waals surface area contributed by atoms with Crippen LogP contribution < -0.4 is 4.74 Å². The standard InChI is InChI=1S/C20H22N2O5S/c1-13(2)12-28(25,26)20-10-15(22(23)24)9-19-17(20)11-18(21(19)3)14-5-7-16(27-4)8-6-14/h5-11,13H,12H2,1-4H3. The predicted molar refractivity (Wildman–Crippen MR) is 108 cm³/mol. The minimum atomic E-state index is -3.68. The number of sulfone groups is 1. The van der Waals surface area contributed by atoms with E-state index >= 15 is 0 Å². The van der Waals surface area contributed by atoms with Crippen LogP contribution in [0.4, 0.5) is 5.69 Å². The zero-order chi connectivity index (χ0) is 20.6. The molecule has 1 aromatic heterocycles. The van der Waals surface area contributed by atoms with E-state index in [0.717, 1.165) is 17.3 Å². The molecule has 8 heteroatoms. The van der Waals surface area contributed by atoms with Crippen molar-refractivity contribution in [3.8, 4) is 17.0 Å². The van der Waals surface area contributed by atoms with E-state index in [0.29, 0.717) is 16.7 Å². The molecule has 0 radical (unpaired) electrons. The van der Waals surface area contributed by atoms with Crippen LogP contribution >= 0.6 is 0 Å². The molecule has 3 aromatic rings. The summed E-state index contributed by atoms with van der Waals surface area (Å²) in [5, 5.41) is 11.9. The van der Waals surface area contributed by atoms with Crippen LogP contribution in [-0.4, -0.2) is 30.8 Å². The molecule has 0 spiro atoms. The lowest BCUT2D eigenvalue weighted by Gasteiger charge is -2.09. The van der Waals surface area contributed by atoms with E-state index in [4.69, 9.17) is 4.74 Å². The summed E-state index contributed by atoms with van der Waals surface area (Å²) in [4.78, 5) is 10.8. The van der Waals surface area contributed by atoms with Gasteiger partial charge in [-0.05, 0) is 41.8 Å². The van der Waals surface area contributed by atoms with Crippen molar-refractivity contribution in [1.82, 2.24) is 4.57 Å². The molecule has 0 bridgehead atoms. The minimum Gasteiger partial charge on any atom is -0.497 e. The lowest BCUT2D eigenvalue weighted by atomic mass is 10.1. The van der Waals surface area contributed by atoms with Crippen LogP contribution in [0.1, 0.15) is 13.8 Å². The van der Waals surface area contributed by atoms with Gasteiger partial charge < -0.3 is 9.30 Å². The summed E-state index contributed by atoms with van der Waals surface area (Å²) in [6, 6.07) is 11.7. The number of fused-ring (bicyclic) bond motifs is 1. The minimum absolute atomic E-state index is 0.000705. The van der Waals surface area contributed by atoms with Gasteiger partial charge in [0.2, 0.25) is 0 Å². The highest BCUT2D eigenvalue weighted by atomic mass is 32.2. The summed E-state index contributed by atoms with van der Waals surface area (Å²) in [6.45, 7) is 3.61. The summed E-state index contributed by atoms with van der Waals surface area (Å²) in [7, 11) is -0.328. The predicted octanol–water partition coefficient (Wildman–Crippen LogP) is 4.19. The third kappa shape index (κ3) is 3.60. The lowest BCUT2D eigenvalue weighted by Crippen LogP contribution is -2.12. The van der Waals surface area contributed by atoms with E-state index in [9.17, 15) is 18.5 Å². The molecule has 0 atom stereocenters. The van der Waals surface area contributed by atoms with Gasteiger partial charge in [-0.25, -0.2) is 8.42 Å². The third-order valence-corrected chi connectivity index (χ3v) is 6.71. The van der Waals surface area contributed by atoms with Gasteiger partial charge in [-0.15, -0.1) is 0 Å². The Morgan fingerprint density at radius 1 is 1.14 bits per heavy atom. The molecule has 28 heavy (non-hydrogen) atoms. The highest BCUT2D eigenvalue weighted by Crippen LogP contribution is 2.35. The zero-order valence-corrected chi connectivity index (χ0v) is 17.0. The molecule has 0 N–H and O–H groups in total. The SMILES string of the molecule is COc1ccc(-c2cc3c(S(=O)(=O)CC(C)C)cc([N+](=O)[O-])cc3n2C)cc1. The van der Waals surface area contributed by atoms with Crippen LogP contribution in [0.5, 0.6) is 5.75 Å². The van der Waals surface area contributed by atoms with Crippen LogP contribution in [0.25, 0.3) is 22.2 Å². The number of aryl methyl sites for hydroxylation is 1. The molecule has 0 aliphatic heterocycles. The maximum atomic E-state index is 12.9. The van der Waals surface area contributed by atoms with Gasteiger partial charge in [-0.3, -0.25) is 10.1 Å². The summed E-state index contributed by atoms with van der Waals surface area (Å²) >= 11 is 0. The van der Waals surface area contributed by atoms with Crippen molar-refractivity contribution < 1.29 is 18.1 Å². The Labute approximate surface area is 163 Å². The lowest BCUT2D eigenvalue weighted by molar-refractivity contribution is -0.384. The molecule has 0 aliphatic carbocycles. The molecular formula is C20H22N2O5S. The highest BCUT2D eigenvalue weighted by molar-refractivity contribution is 7.91. The van der Waals surface area contributed by atoms with Crippen molar-refractivity contribution in [3.05, 3.63) is 52.6 Å². The first-order chi connectivity index (χ1) is 13.1. The van der Waals surface area contributed by atoms with Crippen molar-refractivity contribution in [1.29, 1.82) is 0 Å². The maximum Gasteiger partial charge on any atom is 0.272 e. The average molecular weight is 402 g/mol. The number of hydrogen-bond acceptors (Lipinski definition) is 5. The van der Waals surface area contributed by atoms with Gasteiger partial charge in [0, 0.05) is 30.3 Å². The molecule has 2 aromatic carbocycles. The first-order valence-electron chi connectivity index (χ1n) is 8.79. The Kier molecular flexibility index (Phi) is 5.16. The van der Waals surface area contributed by atoms with Crippen LogP contribution in [0.2, 0.25) is 0 Å². The number of non-ortho nitro benzene ring substituents is 1. The third-order valence-electron chi connectivity index (χ3n) is 4.59. The second-order valence-electron chi connectivity index (χ2n) is 7.13. The highest BCUT2D eigenvalue weighted by Gasteiger charge is 2.25. The maximum absolute atomic E-state index is 12.9. The van der Waals surface area contributed by atoms with E-state index in [1.54, 1.807) is 38.6 Å². The number of ether oxygens (including phenoxy) is 1. The Hall–Kier alpha value is -2.87. The molecule has 0 amide bonds. The largest absolute Gasteiger partial charge is 0.497 e. The van der Waals surface area contributed by atoms with E-state index in [2.05, 4.69) is 0 Å². The second-order valence-corrected chi connectivity index (χ2v) is 9.13. The Morgan fingerprint density at radius 3 is 2.32 bits per heavy atom. The van der Waals surface area contributed by atoms with Crippen molar-refractivity contribution in [2.75, 3.05) is 12.9 Å². The number of aromatic nitrogens is 1. The van der Waals surface area contributed by atoms with Crippen molar-refractivity contribution in [2.24, 2.45) is 13.0 Å². The molecule has 0 unspecified atom stereocenters. The van der Waals surface area contributed by atoms with Gasteiger partial charge in [-0.1, -0.05) is 13.8 Å². The summed E-state index contributed by atoms with van der Waals surface area (Å²) in [5.74, 6) is 0.540. The molecular weight excluding hydrogens is 380 g/mol. The van der Waals surface area contributed by atoms with E-state index in [1.807, 2.05) is 24.3 Å². The molecule has 0 saturated heterocycles. The fourth-order valence-electron chi connectivity index (χ4n) is 3.31. The average Bonchev–Trinajstić information content (AvgIpc) is 2.96. The molecule has 0 aliphatic rings. The van der Waals surface area contributed by atoms with Gasteiger partial charge in [0.1, 0.15) is 5.75 Å². The summed E-state index contributed by atoms with van der Waals surface area (Å²) < 4.78 is 32.8. The van der Waals surface area contributed by atoms with E-state index < -0.39 is 14.8 Å². The first-order valence-corrected chi connectivity index (χ1v) is 10.4. The number of rotatable bonds is 6. The van der Waals surface area contributed by atoms with Gasteiger partial charge >= 0.3 is 0 Å². The normalized spacial score (nSPS) is 11.9. The Bertz CT molecular complexity index is 1150. The van der Waals surface area contributed by atoms with Gasteiger partial charge in [0.15, 0.2) is 9.84 Å². The number of hydrogen-bond donors (Lipinski definition) is 0. The van der Waals surface area contributed by atoms with Crippen molar-refractivity contribution >= 4 is 26.4 Å². The molecule has 3 rings (SSSR count). The van der Waals surface area contributed by atoms with Gasteiger partial charge in [-0.2, -0.15) is 0 Å². The van der Waals surface area contributed by atoms with Crippen molar-refractivity contribution in [2.45, 2.75) is 18.7 Å². The smallest absolute Gasteiger partial charge is 0.272 e. The number of nitro groups is 1. The number of nitrogens with zero attached hydrogens (tertiary/aromatic N) is 2. The number of methoxy groups -OCH3 is 1. The van der Waals surface area contributed by atoms with Crippen LogP contribution in [0, 0.1) is 16.0 Å². The zero-order valence-electron chi connectivity index (χ0n) is 16.2. The molecule has 7 nitrogen and oxygen atoms in total. The van der Waals surface area contributed by atoms with Gasteiger partial charge in [0.25, 0.3) is 5.69 Å². The van der Waals surface area contributed by atoms with Crippen LogP contribution in [-0.2, 0) is 16.9 Å². The molecule has 0 fully saturated rings. The fraction of sp³-hybridized carbons (Fsp3) is 0.300. The van der Waals surface area contributed by atoms with Crippen LogP contribution in [0.3, 0.4) is 0 Å². The summed E-state index contributed by atoms with van der Waals surface area (Å²) in [5.41, 5.74) is 1.88. The molecule has 1 heterocycles. The summed E-state index contributed by atoms with van der Waals surface area (Å²) in [6.07, 6.45) is 0. The monoisotopic (exact) mass is 402 g/mol. The first kappa shape index (κ1) is 19.9. The fourth-order valence-corrected chi connectivity index (χ4v) is 5.17. The number of nitro benzene ring substituents is 1. The Balaban J connectivity index is 2.29. The molecule has 148 valence electrons. The topological polar surface area (TPSA) is 91.4 Å². The van der Waals surface area contributed by atoms with Crippen LogP contribution in [0.15, 0.2) is 47.4 Å². The van der Waals surface area contributed by atoms with Crippen molar-refractivity contribution in [3.63, 3.8) is 0 Å².